The average molecular weight is 677 g/mol. The molecule has 3 aromatic rings. The summed E-state index contributed by atoms with van der Waals surface area (Å²) in [5, 5.41) is 3.52. The van der Waals surface area contributed by atoms with Crippen molar-refractivity contribution in [2.45, 2.75) is 65.1 Å². The Hall–Kier alpha value is -2.88. The van der Waals surface area contributed by atoms with Crippen molar-refractivity contribution in [2.24, 2.45) is 0 Å². The van der Waals surface area contributed by atoms with Crippen LogP contribution in [-0.4, -0.2) is 49.5 Å². The van der Waals surface area contributed by atoms with E-state index in [1.165, 1.54) is 4.31 Å². The lowest BCUT2D eigenvalue weighted by Crippen LogP contribution is -2.54. The first-order valence-electron chi connectivity index (χ1n) is 13.8. The van der Waals surface area contributed by atoms with Gasteiger partial charge in [-0.2, -0.15) is 0 Å². The molecule has 3 rings (SSSR count). The number of nitrogens with zero attached hydrogens (tertiary/aromatic N) is 2. The Bertz CT molecular complexity index is 1490. The molecule has 0 saturated carbocycles. The van der Waals surface area contributed by atoms with Crippen molar-refractivity contribution in [3.63, 3.8) is 0 Å². The Morgan fingerprint density at radius 2 is 1.62 bits per heavy atom. The first kappa shape index (κ1) is 33.6. The van der Waals surface area contributed by atoms with Gasteiger partial charge in [0.1, 0.15) is 6.04 Å². The smallest absolute Gasteiger partial charge is 0.243 e. The van der Waals surface area contributed by atoms with Crippen molar-refractivity contribution >= 4 is 55.1 Å². The Morgan fingerprint density at radius 1 is 0.976 bits per heavy atom. The van der Waals surface area contributed by atoms with E-state index in [9.17, 15) is 18.0 Å². The van der Waals surface area contributed by atoms with Crippen LogP contribution in [0.3, 0.4) is 0 Å². The third-order valence-electron chi connectivity index (χ3n) is 6.67. The van der Waals surface area contributed by atoms with E-state index in [1.54, 1.807) is 30.0 Å². The molecule has 3 aromatic carbocycles. The molecular formula is C32H39BrClN3O4S. The van der Waals surface area contributed by atoms with Crippen molar-refractivity contribution in [2.75, 3.05) is 17.1 Å². The maximum Gasteiger partial charge on any atom is 0.243 e. The Balaban J connectivity index is 1.92. The molecule has 10 heteroatoms. The van der Waals surface area contributed by atoms with E-state index >= 15 is 0 Å². The summed E-state index contributed by atoms with van der Waals surface area (Å²) in [4.78, 5) is 29.3. The van der Waals surface area contributed by atoms with E-state index in [0.29, 0.717) is 22.7 Å². The molecule has 7 nitrogen and oxygen atoms in total. The molecule has 0 aliphatic carbocycles. The van der Waals surface area contributed by atoms with Crippen molar-refractivity contribution in [3.8, 4) is 0 Å². The minimum absolute atomic E-state index is 0.0493. The number of carbonyl (C=O) groups is 2. The predicted octanol–water partition coefficient (Wildman–Crippen LogP) is 6.51. The van der Waals surface area contributed by atoms with Gasteiger partial charge in [-0.05, 0) is 75.1 Å². The van der Waals surface area contributed by atoms with Gasteiger partial charge in [-0.1, -0.05) is 76.1 Å². The van der Waals surface area contributed by atoms with Gasteiger partial charge in [0.2, 0.25) is 21.8 Å². The van der Waals surface area contributed by atoms with Gasteiger partial charge in [-0.25, -0.2) is 8.42 Å². The Morgan fingerprint density at radius 3 is 2.24 bits per heavy atom. The number of sulfonamides is 1. The van der Waals surface area contributed by atoms with E-state index in [2.05, 4.69) is 21.2 Å². The van der Waals surface area contributed by atoms with Crippen molar-refractivity contribution in [1.29, 1.82) is 0 Å². The largest absolute Gasteiger partial charge is 0.350 e. The van der Waals surface area contributed by atoms with Gasteiger partial charge in [0.05, 0.1) is 11.9 Å². The van der Waals surface area contributed by atoms with Crippen LogP contribution in [-0.2, 0) is 32.6 Å². The summed E-state index contributed by atoms with van der Waals surface area (Å²) in [6.07, 6.45) is 1.78. The highest BCUT2D eigenvalue weighted by Crippen LogP contribution is 2.29. The van der Waals surface area contributed by atoms with E-state index < -0.39 is 21.6 Å². The van der Waals surface area contributed by atoms with Gasteiger partial charge < -0.3 is 10.2 Å². The summed E-state index contributed by atoms with van der Waals surface area (Å²) in [5.74, 6) is -0.488. The highest BCUT2D eigenvalue weighted by atomic mass is 79.9. The highest BCUT2D eigenvalue weighted by Gasteiger charge is 2.32. The van der Waals surface area contributed by atoms with Gasteiger partial charge in [0.25, 0.3) is 0 Å². The first-order valence-corrected chi connectivity index (χ1v) is 16.8. The highest BCUT2D eigenvalue weighted by molar-refractivity contribution is 9.10. The molecule has 0 saturated heterocycles. The minimum atomic E-state index is -3.64. The Labute approximate surface area is 263 Å². The standard InChI is InChI=1S/C32H39BrClN3O4S/c1-23-27(34)16-10-17-28(23)37(42(5,40)41)19-11-18-30(38)36(22-25-14-9-15-26(33)20-25)29(31(39)35-32(2,3)4)21-24-12-7-6-8-13-24/h6-10,12-17,20,29H,11,18-19,21-22H2,1-5H3,(H,35,39). The minimum Gasteiger partial charge on any atom is -0.350 e. The summed E-state index contributed by atoms with van der Waals surface area (Å²) < 4.78 is 27.6. The number of anilines is 1. The fourth-order valence-electron chi connectivity index (χ4n) is 4.69. The van der Waals surface area contributed by atoms with Gasteiger partial charge >= 0.3 is 0 Å². The predicted molar refractivity (Wildman–Crippen MR) is 174 cm³/mol. The molecule has 1 atom stereocenters. The van der Waals surface area contributed by atoms with Gasteiger partial charge in [0, 0.05) is 41.0 Å². The molecule has 226 valence electrons. The number of amides is 2. The third-order valence-corrected chi connectivity index (χ3v) is 8.75. The second-order valence-corrected chi connectivity index (χ2v) is 14.6. The van der Waals surface area contributed by atoms with Crippen LogP contribution in [0.15, 0.2) is 77.3 Å². The van der Waals surface area contributed by atoms with Crippen LogP contribution >= 0.6 is 27.5 Å². The first-order chi connectivity index (χ1) is 19.7. The zero-order chi connectivity index (χ0) is 31.1. The molecule has 0 spiro atoms. The van der Waals surface area contributed by atoms with Crippen LogP contribution in [0, 0.1) is 6.92 Å². The van der Waals surface area contributed by atoms with Crippen LogP contribution in [0.5, 0.6) is 0 Å². The summed E-state index contributed by atoms with van der Waals surface area (Å²) >= 11 is 9.78. The Kier molecular flexibility index (Phi) is 11.6. The lowest BCUT2D eigenvalue weighted by molar-refractivity contribution is -0.142. The van der Waals surface area contributed by atoms with E-state index in [4.69, 9.17) is 11.6 Å². The van der Waals surface area contributed by atoms with Crippen LogP contribution in [0.25, 0.3) is 0 Å². The fourth-order valence-corrected chi connectivity index (χ4v) is 6.32. The summed E-state index contributed by atoms with van der Waals surface area (Å²) in [6.45, 7) is 7.79. The van der Waals surface area contributed by atoms with Crippen molar-refractivity contribution in [3.05, 3.63) is 99.0 Å². The molecule has 2 amide bonds. The van der Waals surface area contributed by atoms with Gasteiger partial charge in [-0.15, -0.1) is 0 Å². The number of hydrogen-bond donors (Lipinski definition) is 1. The van der Waals surface area contributed by atoms with Crippen LogP contribution in [0.4, 0.5) is 5.69 Å². The molecule has 0 heterocycles. The zero-order valence-corrected chi connectivity index (χ0v) is 27.9. The summed E-state index contributed by atoms with van der Waals surface area (Å²) in [6, 6.07) is 21.6. The maximum absolute atomic E-state index is 14.0. The van der Waals surface area contributed by atoms with Crippen molar-refractivity contribution in [1.82, 2.24) is 10.2 Å². The van der Waals surface area contributed by atoms with E-state index in [-0.39, 0.29) is 37.7 Å². The molecule has 1 N–H and O–H groups in total. The number of rotatable bonds is 12. The molecule has 0 aromatic heterocycles. The van der Waals surface area contributed by atoms with E-state index in [0.717, 1.165) is 21.9 Å². The quantitative estimate of drug-likeness (QED) is 0.237. The number of nitrogens with one attached hydrogen (secondary N) is 1. The molecule has 0 aliphatic heterocycles. The number of hydrogen-bond acceptors (Lipinski definition) is 4. The molecule has 0 fully saturated rings. The van der Waals surface area contributed by atoms with Gasteiger partial charge in [-0.3, -0.25) is 13.9 Å². The average Bonchev–Trinajstić information content (AvgIpc) is 2.89. The number of halogens is 2. The van der Waals surface area contributed by atoms with Crippen LogP contribution < -0.4 is 9.62 Å². The summed E-state index contributed by atoms with van der Waals surface area (Å²) in [7, 11) is -3.64. The second-order valence-electron chi connectivity index (χ2n) is 11.4. The molecule has 0 radical (unpaired) electrons. The van der Waals surface area contributed by atoms with Gasteiger partial charge in [0.15, 0.2) is 0 Å². The molecule has 1 unspecified atom stereocenters. The zero-order valence-electron chi connectivity index (χ0n) is 24.7. The fraction of sp³-hybridized carbons (Fsp3) is 0.375. The number of benzene rings is 3. The monoisotopic (exact) mass is 675 g/mol. The van der Waals surface area contributed by atoms with E-state index in [1.807, 2.05) is 75.4 Å². The lowest BCUT2D eigenvalue weighted by atomic mass is 10.00. The van der Waals surface area contributed by atoms with Crippen LogP contribution in [0.2, 0.25) is 5.02 Å². The SMILES string of the molecule is Cc1c(Cl)cccc1N(CCCC(=O)N(Cc1cccc(Br)c1)C(Cc1ccccc1)C(=O)NC(C)(C)C)S(C)(=O)=O. The second kappa shape index (κ2) is 14.5. The normalized spacial score (nSPS) is 12.5. The topological polar surface area (TPSA) is 86.8 Å². The maximum atomic E-state index is 14.0. The number of carbonyl (C=O) groups excluding carboxylic acids is 2. The van der Waals surface area contributed by atoms with Crippen molar-refractivity contribution < 1.29 is 18.0 Å². The molecule has 0 bridgehead atoms. The summed E-state index contributed by atoms with van der Waals surface area (Å²) in [5.41, 5.74) is 2.43. The molecule has 0 aliphatic rings. The molecular weight excluding hydrogens is 638 g/mol. The van der Waals surface area contributed by atoms with Crippen LogP contribution in [0.1, 0.15) is 50.3 Å². The third kappa shape index (κ3) is 9.85. The molecule has 42 heavy (non-hydrogen) atoms. The lowest BCUT2D eigenvalue weighted by Gasteiger charge is -2.34.